The predicted octanol–water partition coefficient (Wildman–Crippen LogP) is 3.37. The quantitative estimate of drug-likeness (QED) is 0.759. The fourth-order valence-corrected chi connectivity index (χ4v) is 2.19. The van der Waals surface area contributed by atoms with E-state index in [0.717, 1.165) is 9.13 Å². The largest absolute Gasteiger partial charge is 0.497 e. The van der Waals surface area contributed by atoms with Gasteiger partial charge in [-0.2, -0.15) is 0 Å². The van der Waals surface area contributed by atoms with E-state index in [1.54, 1.807) is 31.4 Å². The van der Waals surface area contributed by atoms with E-state index in [2.05, 4.69) is 22.6 Å². The molecule has 2 aromatic carbocycles. The Labute approximate surface area is 136 Å². The maximum Gasteiger partial charge on any atom is 0.345 e. The van der Waals surface area contributed by atoms with Gasteiger partial charge in [-0.3, -0.25) is 0 Å². The highest BCUT2D eigenvalue weighted by Gasteiger charge is 2.20. The summed E-state index contributed by atoms with van der Waals surface area (Å²) in [6.45, 7) is 0. The van der Waals surface area contributed by atoms with E-state index >= 15 is 0 Å². The molecule has 0 spiro atoms. The van der Waals surface area contributed by atoms with E-state index in [0.29, 0.717) is 17.9 Å². The van der Waals surface area contributed by atoms with Crippen LogP contribution in [-0.2, 0) is 11.2 Å². The van der Waals surface area contributed by atoms with Crippen molar-refractivity contribution in [1.29, 1.82) is 0 Å². The molecule has 0 aliphatic rings. The van der Waals surface area contributed by atoms with Crippen LogP contribution in [0.3, 0.4) is 0 Å². The van der Waals surface area contributed by atoms with Crippen molar-refractivity contribution in [2.45, 2.75) is 12.5 Å². The first-order chi connectivity index (χ1) is 10.1. The van der Waals surface area contributed by atoms with Crippen LogP contribution in [0.5, 0.6) is 11.5 Å². The Morgan fingerprint density at radius 1 is 1.10 bits per heavy atom. The molecule has 2 rings (SSSR count). The second-order valence-corrected chi connectivity index (χ2v) is 5.70. The summed E-state index contributed by atoms with van der Waals surface area (Å²) in [6.07, 6.45) is -0.600. The first kappa shape index (κ1) is 15.6. The number of carbonyl (C=O) groups is 1. The van der Waals surface area contributed by atoms with Gasteiger partial charge in [-0.25, -0.2) is 4.79 Å². The van der Waals surface area contributed by atoms with Crippen LogP contribution in [-0.4, -0.2) is 24.3 Å². The number of halogens is 1. The third-order valence-corrected chi connectivity index (χ3v) is 3.67. The Bertz CT molecular complexity index is 593. The molecule has 0 unspecified atom stereocenters. The lowest BCUT2D eigenvalue weighted by Crippen LogP contribution is -2.29. The molecule has 5 heteroatoms. The van der Waals surface area contributed by atoms with Gasteiger partial charge in [0, 0.05) is 9.99 Å². The van der Waals surface area contributed by atoms with E-state index in [-0.39, 0.29) is 0 Å². The number of hydrogen-bond acceptors (Lipinski definition) is 3. The minimum atomic E-state index is -0.982. The summed E-state index contributed by atoms with van der Waals surface area (Å²) in [5, 5.41) is 9.30. The van der Waals surface area contributed by atoms with Crippen LogP contribution in [0.4, 0.5) is 0 Å². The first-order valence-corrected chi connectivity index (χ1v) is 7.44. The van der Waals surface area contributed by atoms with Crippen molar-refractivity contribution >= 4 is 28.6 Å². The molecular formula is C16H15IO4. The Balaban J connectivity index is 2.07. The molecule has 21 heavy (non-hydrogen) atoms. The molecule has 0 saturated heterocycles. The van der Waals surface area contributed by atoms with Crippen molar-refractivity contribution in [3.63, 3.8) is 0 Å². The van der Waals surface area contributed by atoms with Crippen molar-refractivity contribution in [3.8, 4) is 11.5 Å². The molecule has 1 atom stereocenters. The van der Waals surface area contributed by atoms with E-state index in [1.165, 1.54) is 0 Å². The molecule has 2 aromatic rings. The fraction of sp³-hybridized carbons (Fsp3) is 0.188. The Morgan fingerprint density at radius 3 is 2.19 bits per heavy atom. The summed E-state index contributed by atoms with van der Waals surface area (Å²) in [5.41, 5.74) is 0.927. The number of hydrogen-bond donors (Lipinski definition) is 1. The Morgan fingerprint density at radius 2 is 1.67 bits per heavy atom. The normalized spacial score (nSPS) is 11.7. The molecular weight excluding hydrogens is 383 g/mol. The molecule has 0 radical (unpaired) electrons. The van der Waals surface area contributed by atoms with Gasteiger partial charge in [0.1, 0.15) is 11.5 Å². The molecule has 4 nitrogen and oxygen atoms in total. The molecule has 0 amide bonds. The summed E-state index contributed by atoms with van der Waals surface area (Å²) in [4.78, 5) is 11.3. The van der Waals surface area contributed by atoms with Crippen LogP contribution >= 0.6 is 22.6 Å². The van der Waals surface area contributed by atoms with Crippen LogP contribution in [0.25, 0.3) is 0 Å². The van der Waals surface area contributed by atoms with Gasteiger partial charge >= 0.3 is 5.97 Å². The maximum absolute atomic E-state index is 11.3. The number of ether oxygens (including phenoxy) is 2. The van der Waals surface area contributed by atoms with E-state index in [1.807, 2.05) is 24.3 Å². The van der Waals surface area contributed by atoms with Crippen LogP contribution in [0, 0.1) is 3.57 Å². The van der Waals surface area contributed by atoms with Crippen LogP contribution in [0.1, 0.15) is 5.56 Å². The molecule has 0 fully saturated rings. The smallest absolute Gasteiger partial charge is 0.345 e. The monoisotopic (exact) mass is 398 g/mol. The third kappa shape index (κ3) is 4.63. The van der Waals surface area contributed by atoms with Gasteiger partial charge in [0.2, 0.25) is 0 Å². The number of carboxylic acid groups (broad SMARTS) is 1. The summed E-state index contributed by atoms with van der Waals surface area (Å²) >= 11 is 2.21. The number of methoxy groups -OCH3 is 1. The highest BCUT2D eigenvalue weighted by atomic mass is 127. The lowest BCUT2D eigenvalue weighted by molar-refractivity contribution is -0.145. The minimum absolute atomic E-state index is 0.318. The second-order valence-electron chi connectivity index (χ2n) is 4.45. The standard InChI is InChI=1S/C16H15IO4/c1-20-13-6-8-14(9-7-13)21-15(16(18)19)10-11-2-4-12(17)5-3-11/h2-9,15H,10H2,1H3,(H,18,19)/t15-/m1/s1. The van der Waals surface area contributed by atoms with Gasteiger partial charge in [0.05, 0.1) is 7.11 Å². The molecule has 0 heterocycles. The van der Waals surface area contributed by atoms with Gasteiger partial charge in [0.15, 0.2) is 6.10 Å². The van der Waals surface area contributed by atoms with Gasteiger partial charge in [-0.15, -0.1) is 0 Å². The number of carboxylic acids is 1. The average molecular weight is 398 g/mol. The summed E-state index contributed by atoms with van der Waals surface area (Å²) in [5.74, 6) is 0.227. The minimum Gasteiger partial charge on any atom is -0.497 e. The van der Waals surface area contributed by atoms with Crippen molar-refractivity contribution < 1.29 is 19.4 Å². The van der Waals surface area contributed by atoms with E-state index in [4.69, 9.17) is 9.47 Å². The zero-order chi connectivity index (χ0) is 15.2. The highest BCUT2D eigenvalue weighted by molar-refractivity contribution is 14.1. The van der Waals surface area contributed by atoms with Gasteiger partial charge < -0.3 is 14.6 Å². The summed E-state index contributed by atoms with van der Waals surface area (Å²) < 4.78 is 11.7. The highest BCUT2D eigenvalue weighted by Crippen LogP contribution is 2.19. The Kier molecular flexibility index (Phi) is 5.44. The zero-order valence-electron chi connectivity index (χ0n) is 11.5. The number of benzene rings is 2. The zero-order valence-corrected chi connectivity index (χ0v) is 13.6. The van der Waals surface area contributed by atoms with Gasteiger partial charge in [0.25, 0.3) is 0 Å². The fourth-order valence-electron chi connectivity index (χ4n) is 1.83. The number of aliphatic carboxylic acids is 1. The Hall–Kier alpha value is -1.76. The van der Waals surface area contributed by atoms with E-state index in [9.17, 15) is 9.90 Å². The van der Waals surface area contributed by atoms with Crippen molar-refractivity contribution in [3.05, 3.63) is 57.7 Å². The number of rotatable bonds is 6. The third-order valence-electron chi connectivity index (χ3n) is 2.95. The predicted molar refractivity (Wildman–Crippen MR) is 87.9 cm³/mol. The molecule has 110 valence electrons. The topological polar surface area (TPSA) is 55.8 Å². The average Bonchev–Trinajstić information content (AvgIpc) is 2.49. The van der Waals surface area contributed by atoms with Crippen LogP contribution in [0.2, 0.25) is 0 Å². The van der Waals surface area contributed by atoms with Gasteiger partial charge in [-0.1, -0.05) is 12.1 Å². The lowest BCUT2D eigenvalue weighted by Gasteiger charge is -2.15. The first-order valence-electron chi connectivity index (χ1n) is 6.36. The maximum atomic E-state index is 11.3. The van der Waals surface area contributed by atoms with E-state index < -0.39 is 12.1 Å². The molecule has 0 saturated carbocycles. The van der Waals surface area contributed by atoms with Crippen molar-refractivity contribution in [2.75, 3.05) is 7.11 Å². The molecule has 1 N–H and O–H groups in total. The molecule has 0 bridgehead atoms. The molecule has 0 aromatic heterocycles. The summed E-state index contributed by atoms with van der Waals surface area (Å²) in [6, 6.07) is 14.6. The molecule has 0 aliphatic heterocycles. The molecule has 0 aliphatic carbocycles. The van der Waals surface area contributed by atoms with Crippen molar-refractivity contribution in [1.82, 2.24) is 0 Å². The lowest BCUT2D eigenvalue weighted by atomic mass is 10.1. The van der Waals surface area contributed by atoms with Crippen LogP contribution in [0.15, 0.2) is 48.5 Å². The van der Waals surface area contributed by atoms with Gasteiger partial charge in [-0.05, 0) is 64.6 Å². The van der Waals surface area contributed by atoms with Crippen molar-refractivity contribution in [2.24, 2.45) is 0 Å². The summed E-state index contributed by atoms with van der Waals surface area (Å²) in [7, 11) is 1.58. The second kappa shape index (κ2) is 7.31. The van der Waals surface area contributed by atoms with Crippen LogP contribution < -0.4 is 9.47 Å². The SMILES string of the molecule is COc1ccc(O[C@H](Cc2ccc(I)cc2)C(=O)O)cc1.